The standard InChI is InChI=1S/C9H12N2O2.C4H6O2/c1-2-13-9(12)6-3-7(10)5-8(11)4-6;1-3(2)4(5)6/h3-5H,2,10-11H2,1H3;1H2,2H3,(H,5,6). The number of carbonyl (C=O) groups excluding carboxylic acids is 1. The van der Waals surface area contributed by atoms with Gasteiger partial charge in [-0.25, -0.2) is 9.59 Å². The van der Waals surface area contributed by atoms with Gasteiger partial charge in [-0.2, -0.15) is 0 Å². The average Bonchev–Trinajstić information content (AvgIpc) is 2.28. The first kappa shape index (κ1) is 16.5. The highest BCUT2D eigenvalue weighted by atomic mass is 16.5. The predicted octanol–water partition coefficient (Wildman–Crippen LogP) is 1.67. The Hall–Kier alpha value is -2.50. The number of aliphatic carboxylic acids is 1. The van der Waals surface area contributed by atoms with Crippen LogP contribution in [0.2, 0.25) is 0 Å². The minimum atomic E-state index is -0.935. The molecular weight excluding hydrogens is 248 g/mol. The van der Waals surface area contributed by atoms with Crippen LogP contribution in [0.5, 0.6) is 0 Å². The van der Waals surface area contributed by atoms with Crippen molar-refractivity contribution in [1.29, 1.82) is 0 Å². The van der Waals surface area contributed by atoms with E-state index in [-0.39, 0.29) is 5.57 Å². The summed E-state index contributed by atoms with van der Waals surface area (Å²) in [6.45, 7) is 6.69. The number of hydrogen-bond acceptors (Lipinski definition) is 5. The predicted molar refractivity (Wildman–Crippen MR) is 73.7 cm³/mol. The van der Waals surface area contributed by atoms with Crippen molar-refractivity contribution in [3.05, 3.63) is 35.9 Å². The van der Waals surface area contributed by atoms with Gasteiger partial charge in [-0.3, -0.25) is 0 Å². The van der Waals surface area contributed by atoms with Crippen LogP contribution in [-0.4, -0.2) is 23.7 Å². The summed E-state index contributed by atoms with van der Waals surface area (Å²) < 4.78 is 4.79. The van der Waals surface area contributed by atoms with Gasteiger partial charge in [-0.15, -0.1) is 0 Å². The summed E-state index contributed by atoms with van der Waals surface area (Å²) in [7, 11) is 0. The Balaban J connectivity index is 0.000000459. The monoisotopic (exact) mass is 266 g/mol. The summed E-state index contributed by atoms with van der Waals surface area (Å²) in [4.78, 5) is 20.8. The molecule has 0 atom stereocenters. The van der Waals surface area contributed by atoms with Crippen molar-refractivity contribution in [3.63, 3.8) is 0 Å². The van der Waals surface area contributed by atoms with Crippen LogP contribution in [0.3, 0.4) is 0 Å². The summed E-state index contributed by atoms with van der Waals surface area (Å²) in [6.07, 6.45) is 0. The fourth-order valence-electron chi connectivity index (χ4n) is 1.01. The molecule has 0 bridgehead atoms. The van der Waals surface area contributed by atoms with Gasteiger partial charge in [-0.1, -0.05) is 6.58 Å². The Labute approximate surface area is 111 Å². The molecule has 0 aliphatic carbocycles. The van der Waals surface area contributed by atoms with E-state index in [9.17, 15) is 9.59 Å². The highest BCUT2D eigenvalue weighted by molar-refractivity contribution is 5.91. The molecule has 1 aromatic rings. The second-order valence-corrected chi connectivity index (χ2v) is 3.69. The maximum atomic E-state index is 11.2. The molecule has 19 heavy (non-hydrogen) atoms. The molecule has 0 fully saturated rings. The fraction of sp³-hybridized carbons (Fsp3) is 0.231. The molecule has 0 radical (unpaired) electrons. The molecule has 0 aliphatic rings. The minimum Gasteiger partial charge on any atom is -0.478 e. The van der Waals surface area contributed by atoms with Gasteiger partial charge >= 0.3 is 11.9 Å². The molecule has 6 heteroatoms. The normalized spacial score (nSPS) is 8.95. The van der Waals surface area contributed by atoms with E-state index >= 15 is 0 Å². The number of carbonyl (C=O) groups is 2. The van der Waals surface area contributed by atoms with Gasteiger partial charge in [0.25, 0.3) is 0 Å². The third-order valence-electron chi connectivity index (χ3n) is 1.85. The van der Waals surface area contributed by atoms with E-state index in [4.69, 9.17) is 21.3 Å². The quantitative estimate of drug-likeness (QED) is 0.435. The van der Waals surface area contributed by atoms with Crippen LogP contribution in [0.4, 0.5) is 11.4 Å². The summed E-state index contributed by atoms with van der Waals surface area (Å²) in [5.74, 6) is -1.34. The number of carboxylic acids is 1. The minimum absolute atomic E-state index is 0.176. The van der Waals surface area contributed by atoms with Gasteiger partial charge in [0.15, 0.2) is 0 Å². The van der Waals surface area contributed by atoms with Crippen molar-refractivity contribution in [2.45, 2.75) is 13.8 Å². The Morgan fingerprint density at radius 1 is 1.26 bits per heavy atom. The Morgan fingerprint density at radius 3 is 2.00 bits per heavy atom. The zero-order chi connectivity index (χ0) is 15.0. The van der Waals surface area contributed by atoms with E-state index in [2.05, 4.69) is 6.58 Å². The second kappa shape index (κ2) is 7.75. The van der Waals surface area contributed by atoms with E-state index < -0.39 is 11.9 Å². The molecule has 1 rings (SSSR count). The fourth-order valence-corrected chi connectivity index (χ4v) is 1.01. The van der Waals surface area contributed by atoms with Crippen molar-refractivity contribution < 1.29 is 19.4 Å². The lowest BCUT2D eigenvalue weighted by Gasteiger charge is -2.03. The van der Waals surface area contributed by atoms with Crippen molar-refractivity contribution in [1.82, 2.24) is 0 Å². The summed E-state index contributed by atoms with van der Waals surface area (Å²) in [5, 5.41) is 7.89. The number of rotatable bonds is 3. The number of benzene rings is 1. The van der Waals surface area contributed by atoms with Crippen LogP contribution in [0.15, 0.2) is 30.4 Å². The maximum Gasteiger partial charge on any atom is 0.338 e. The molecule has 0 saturated carbocycles. The number of carboxylic acid groups (broad SMARTS) is 1. The number of nitrogens with two attached hydrogens (primary N) is 2. The lowest BCUT2D eigenvalue weighted by molar-refractivity contribution is -0.132. The Bertz CT molecular complexity index is 451. The van der Waals surface area contributed by atoms with E-state index in [1.165, 1.54) is 19.1 Å². The van der Waals surface area contributed by atoms with Gasteiger partial charge in [-0.05, 0) is 32.0 Å². The first-order valence-electron chi connectivity index (χ1n) is 5.49. The zero-order valence-corrected chi connectivity index (χ0v) is 11.0. The molecular formula is C13H18N2O4. The smallest absolute Gasteiger partial charge is 0.338 e. The van der Waals surface area contributed by atoms with Crippen molar-refractivity contribution in [3.8, 4) is 0 Å². The van der Waals surface area contributed by atoms with Gasteiger partial charge in [0, 0.05) is 16.9 Å². The van der Waals surface area contributed by atoms with E-state index in [0.717, 1.165) is 0 Å². The molecule has 0 spiro atoms. The molecule has 1 aromatic carbocycles. The van der Waals surface area contributed by atoms with Gasteiger partial charge in [0.2, 0.25) is 0 Å². The summed E-state index contributed by atoms with van der Waals surface area (Å²) in [6, 6.07) is 4.66. The van der Waals surface area contributed by atoms with Crippen LogP contribution >= 0.6 is 0 Å². The van der Waals surface area contributed by atoms with Crippen molar-refractivity contribution in [2.24, 2.45) is 0 Å². The number of nitrogen functional groups attached to an aromatic ring is 2. The SMILES string of the molecule is C=C(C)C(=O)O.CCOC(=O)c1cc(N)cc(N)c1. The lowest BCUT2D eigenvalue weighted by atomic mass is 10.2. The van der Waals surface area contributed by atoms with E-state index in [1.807, 2.05) is 0 Å². The molecule has 5 N–H and O–H groups in total. The van der Waals surface area contributed by atoms with E-state index in [1.54, 1.807) is 13.0 Å². The second-order valence-electron chi connectivity index (χ2n) is 3.69. The topological polar surface area (TPSA) is 116 Å². The average molecular weight is 266 g/mol. The third kappa shape index (κ3) is 6.72. The number of ether oxygens (including phenoxy) is 1. The van der Waals surface area contributed by atoms with Crippen LogP contribution in [-0.2, 0) is 9.53 Å². The first-order valence-corrected chi connectivity index (χ1v) is 5.49. The van der Waals surface area contributed by atoms with Gasteiger partial charge in [0.05, 0.1) is 12.2 Å². The Morgan fingerprint density at radius 2 is 1.68 bits per heavy atom. The van der Waals surface area contributed by atoms with Crippen molar-refractivity contribution in [2.75, 3.05) is 18.1 Å². The number of anilines is 2. The third-order valence-corrected chi connectivity index (χ3v) is 1.85. The molecule has 0 amide bonds. The number of hydrogen-bond donors (Lipinski definition) is 3. The lowest BCUT2D eigenvalue weighted by Crippen LogP contribution is -2.06. The zero-order valence-electron chi connectivity index (χ0n) is 11.0. The summed E-state index contributed by atoms with van der Waals surface area (Å²) in [5.41, 5.74) is 12.5. The van der Waals surface area contributed by atoms with Crippen LogP contribution in [0, 0.1) is 0 Å². The molecule has 0 aromatic heterocycles. The molecule has 0 saturated heterocycles. The van der Waals surface area contributed by atoms with Crippen molar-refractivity contribution >= 4 is 23.3 Å². The van der Waals surface area contributed by atoms with Crippen LogP contribution < -0.4 is 11.5 Å². The molecule has 104 valence electrons. The van der Waals surface area contributed by atoms with E-state index in [0.29, 0.717) is 23.5 Å². The molecule has 0 unspecified atom stereocenters. The molecule has 6 nitrogen and oxygen atoms in total. The van der Waals surface area contributed by atoms with Gasteiger partial charge < -0.3 is 21.3 Å². The summed E-state index contributed by atoms with van der Waals surface area (Å²) >= 11 is 0. The largest absolute Gasteiger partial charge is 0.478 e. The molecule has 0 heterocycles. The van der Waals surface area contributed by atoms with Crippen LogP contribution in [0.1, 0.15) is 24.2 Å². The van der Waals surface area contributed by atoms with Crippen LogP contribution in [0.25, 0.3) is 0 Å². The highest BCUT2D eigenvalue weighted by Crippen LogP contribution is 2.14. The number of esters is 1. The molecule has 0 aliphatic heterocycles. The van der Waals surface area contributed by atoms with Gasteiger partial charge in [0.1, 0.15) is 0 Å². The highest BCUT2D eigenvalue weighted by Gasteiger charge is 2.06. The maximum absolute atomic E-state index is 11.2. The first-order chi connectivity index (χ1) is 8.77. The Kier molecular flexibility index (Phi) is 6.73.